The Hall–Kier alpha value is -1.02. The molecule has 2 nitrogen and oxygen atoms in total. The predicted molar refractivity (Wildman–Crippen MR) is 41.8 cm³/mol. The molecule has 0 aromatic rings. The monoisotopic (exact) mass is 140 g/mol. The van der Waals surface area contributed by atoms with Crippen molar-refractivity contribution in [3.63, 3.8) is 0 Å². The van der Waals surface area contributed by atoms with Crippen molar-refractivity contribution < 1.29 is 10.2 Å². The van der Waals surface area contributed by atoms with Crippen LogP contribution in [0, 0.1) is 0 Å². The molecule has 0 aliphatic rings. The Morgan fingerprint density at radius 3 is 2.40 bits per heavy atom. The number of hydrogen-bond donors (Lipinski definition) is 2. The summed E-state index contributed by atoms with van der Waals surface area (Å²) in [5.74, 6) is 0.216. The second-order valence-corrected chi connectivity index (χ2v) is 1.91. The molecular formula is C8H12O2. The first-order valence-corrected chi connectivity index (χ1v) is 3.00. The molecule has 0 fully saturated rings. The van der Waals surface area contributed by atoms with Crippen LogP contribution in [0.4, 0.5) is 0 Å². The van der Waals surface area contributed by atoms with Gasteiger partial charge in [0, 0.05) is 0 Å². The van der Waals surface area contributed by atoms with Crippen LogP contribution in [0.2, 0.25) is 0 Å². The SMILES string of the molecule is C=C/C(=C\C=C(/C)O)CO. The van der Waals surface area contributed by atoms with E-state index in [-0.39, 0.29) is 12.4 Å². The van der Waals surface area contributed by atoms with E-state index in [1.807, 2.05) is 0 Å². The van der Waals surface area contributed by atoms with Gasteiger partial charge in [0.15, 0.2) is 0 Å². The second kappa shape index (κ2) is 4.82. The first kappa shape index (κ1) is 8.98. The number of allylic oxidation sites excluding steroid dienone is 3. The molecule has 0 rings (SSSR count). The average molecular weight is 140 g/mol. The summed E-state index contributed by atoms with van der Waals surface area (Å²) in [6, 6.07) is 0. The van der Waals surface area contributed by atoms with E-state index in [0.29, 0.717) is 5.57 Å². The summed E-state index contributed by atoms with van der Waals surface area (Å²) in [5, 5.41) is 17.3. The molecule has 0 aliphatic carbocycles. The summed E-state index contributed by atoms with van der Waals surface area (Å²) in [6.07, 6.45) is 4.66. The normalized spacial score (nSPS) is 13.4. The maximum atomic E-state index is 8.69. The number of aliphatic hydroxyl groups is 2. The van der Waals surface area contributed by atoms with Gasteiger partial charge in [0.05, 0.1) is 12.4 Å². The fourth-order valence-electron chi connectivity index (χ4n) is 0.413. The second-order valence-electron chi connectivity index (χ2n) is 1.91. The lowest BCUT2D eigenvalue weighted by Gasteiger charge is -1.91. The molecule has 0 aliphatic heterocycles. The van der Waals surface area contributed by atoms with Gasteiger partial charge in [-0.15, -0.1) is 0 Å². The van der Waals surface area contributed by atoms with Gasteiger partial charge in [0.2, 0.25) is 0 Å². The fourth-order valence-corrected chi connectivity index (χ4v) is 0.413. The van der Waals surface area contributed by atoms with E-state index in [2.05, 4.69) is 6.58 Å². The van der Waals surface area contributed by atoms with Gasteiger partial charge in [-0.3, -0.25) is 0 Å². The third-order valence-electron chi connectivity index (χ3n) is 0.983. The molecule has 0 unspecified atom stereocenters. The van der Waals surface area contributed by atoms with E-state index in [0.717, 1.165) is 0 Å². The Balaban J connectivity index is 4.12. The summed E-state index contributed by atoms with van der Waals surface area (Å²) in [4.78, 5) is 0. The zero-order valence-corrected chi connectivity index (χ0v) is 6.04. The lowest BCUT2D eigenvalue weighted by Crippen LogP contribution is -1.83. The van der Waals surface area contributed by atoms with Crippen LogP contribution < -0.4 is 0 Å². The molecule has 0 aromatic carbocycles. The van der Waals surface area contributed by atoms with E-state index in [1.54, 1.807) is 19.1 Å². The summed E-state index contributed by atoms with van der Waals surface area (Å²) in [6.45, 7) is 4.99. The lowest BCUT2D eigenvalue weighted by molar-refractivity contribution is 0.335. The van der Waals surface area contributed by atoms with Gasteiger partial charge in [0.1, 0.15) is 0 Å². The maximum absolute atomic E-state index is 8.69. The highest BCUT2D eigenvalue weighted by Gasteiger charge is 1.83. The van der Waals surface area contributed by atoms with Gasteiger partial charge in [-0.1, -0.05) is 18.7 Å². The molecule has 56 valence electrons. The largest absolute Gasteiger partial charge is 0.513 e. The van der Waals surface area contributed by atoms with Crippen molar-refractivity contribution >= 4 is 0 Å². The summed E-state index contributed by atoms with van der Waals surface area (Å²) < 4.78 is 0. The van der Waals surface area contributed by atoms with Crippen molar-refractivity contribution in [1.82, 2.24) is 0 Å². The van der Waals surface area contributed by atoms with Gasteiger partial charge >= 0.3 is 0 Å². The van der Waals surface area contributed by atoms with E-state index in [1.165, 1.54) is 6.08 Å². The Morgan fingerprint density at radius 1 is 1.50 bits per heavy atom. The highest BCUT2D eigenvalue weighted by atomic mass is 16.3. The van der Waals surface area contributed by atoms with E-state index in [4.69, 9.17) is 10.2 Å². The van der Waals surface area contributed by atoms with Crippen LogP contribution >= 0.6 is 0 Å². The van der Waals surface area contributed by atoms with Crippen LogP contribution in [0.1, 0.15) is 6.92 Å². The van der Waals surface area contributed by atoms with Crippen molar-refractivity contribution in [3.8, 4) is 0 Å². The molecule has 0 radical (unpaired) electrons. The summed E-state index contributed by atoms with van der Waals surface area (Å²) in [5.41, 5.74) is 0.688. The topological polar surface area (TPSA) is 40.5 Å². The van der Waals surface area contributed by atoms with Crippen LogP contribution in [-0.4, -0.2) is 16.8 Å². The minimum absolute atomic E-state index is 0.0483. The highest BCUT2D eigenvalue weighted by Crippen LogP contribution is 1.95. The molecule has 0 saturated carbocycles. The zero-order valence-electron chi connectivity index (χ0n) is 6.04. The summed E-state index contributed by atoms with van der Waals surface area (Å²) >= 11 is 0. The molecular weight excluding hydrogens is 128 g/mol. The van der Waals surface area contributed by atoms with Crippen molar-refractivity contribution in [2.75, 3.05) is 6.61 Å². The molecule has 0 atom stereocenters. The minimum atomic E-state index is -0.0483. The Morgan fingerprint density at radius 2 is 2.10 bits per heavy atom. The van der Waals surface area contributed by atoms with Crippen LogP contribution in [0.3, 0.4) is 0 Å². The number of aliphatic hydroxyl groups excluding tert-OH is 2. The van der Waals surface area contributed by atoms with Gasteiger partial charge in [-0.25, -0.2) is 0 Å². The molecule has 0 saturated heterocycles. The van der Waals surface area contributed by atoms with E-state index >= 15 is 0 Å². The fraction of sp³-hybridized carbons (Fsp3) is 0.250. The Bertz CT molecular complexity index is 162. The van der Waals surface area contributed by atoms with Crippen LogP contribution in [0.5, 0.6) is 0 Å². The third-order valence-corrected chi connectivity index (χ3v) is 0.983. The van der Waals surface area contributed by atoms with Crippen LogP contribution in [-0.2, 0) is 0 Å². The predicted octanol–water partition coefficient (Wildman–Crippen LogP) is 1.55. The number of hydrogen-bond acceptors (Lipinski definition) is 2. The van der Waals surface area contributed by atoms with Crippen molar-refractivity contribution in [2.45, 2.75) is 6.92 Å². The van der Waals surface area contributed by atoms with Crippen LogP contribution in [0.25, 0.3) is 0 Å². The zero-order chi connectivity index (χ0) is 7.98. The first-order chi connectivity index (χ1) is 4.70. The lowest BCUT2D eigenvalue weighted by atomic mass is 10.2. The summed E-state index contributed by atoms with van der Waals surface area (Å²) in [7, 11) is 0. The molecule has 2 N–H and O–H groups in total. The third kappa shape index (κ3) is 3.92. The first-order valence-electron chi connectivity index (χ1n) is 3.00. The van der Waals surface area contributed by atoms with Crippen molar-refractivity contribution in [2.24, 2.45) is 0 Å². The Kier molecular flexibility index (Phi) is 4.33. The van der Waals surface area contributed by atoms with Gasteiger partial charge in [-0.2, -0.15) is 0 Å². The van der Waals surface area contributed by atoms with Gasteiger partial charge in [0.25, 0.3) is 0 Å². The van der Waals surface area contributed by atoms with Gasteiger partial charge in [-0.05, 0) is 18.6 Å². The van der Waals surface area contributed by atoms with E-state index in [9.17, 15) is 0 Å². The molecule has 0 amide bonds. The Labute approximate surface area is 60.8 Å². The number of rotatable bonds is 3. The smallest absolute Gasteiger partial charge is 0.0891 e. The molecule has 0 aromatic heterocycles. The maximum Gasteiger partial charge on any atom is 0.0891 e. The van der Waals surface area contributed by atoms with E-state index < -0.39 is 0 Å². The molecule has 10 heavy (non-hydrogen) atoms. The molecule has 0 bridgehead atoms. The van der Waals surface area contributed by atoms with Gasteiger partial charge < -0.3 is 10.2 Å². The highest BCUT2D eigenvalue weighted by molar-refractivity contribution is 5.22. The molecule has 2 heteroatoms. The quantitative estimate of drug-likeness (QED) is 0.461. The molecule has 0 heterocycles. The van der Waals surface area contributed by atoms with Crippen LogP contribution in [0.15, 0.2) is 36.1 Å². The van der Waals surface area contributed by atoms with Crippen molar-refractivity contribution in [3.05, 3.63) is 36.1 Å². The standard InChI is InChI=1S/C8H12O2/c1-3-8(6-9)5-4-7(2)10/h3-5,9-10H,1,6H2,2H3/b7-4+,8-5+. The van der Waals surface area contributed by atoms with Crippen molar-refractivity contribution in [1.29, 1.82) is 0 Å². The minimum Gasteiger partial charge on any atom is -0.513 e. The average Bonchev–Trinajstić information content (AvgIpc) is 1.90. The molecule has 0 spiro atoms.